The molecule has 2 N–H and O–H groups in total. The average molecular weight is 446 g/mol. The van der Waals surface area contributed by atoms with Crippen molar-refractivity contribution in [3.8, 4) is 17.5 Å². The van der Waals surface area contributed by atoms with Gasteiger partial charge in [0, 0.05) is 16.7 Å². The van der Waals surface area contributed by atoms with Crippen molar-refractivity contribution in [2.75, 3.05) is 0 Å². The number of hydrogen-bond donors (Lipinski definition) is 2. The number of amides is 1. The van der Waals surface area contributed by atoms with Gasteiger partial charge in [0.15, 0.2) is 0 Å². The lowest BCUT2D eigenvalue weighted by atomic mass is 9.74. The van der Waals surface area contributed by atoms with E-state index in [4.69, 9.17) is 0 Å². The number of aliphatic hydroxyl groups is 1. The maximum Gasteiger partial charge on any atom is 0.251 e. The summed E-state index contributed by atoms with van der Waals surface area (Å²) in [6.45, 7) is 7.54. The van der Waals surface area contributed by atoms with E-state index in [1.807, 2.05) is 6.07 Å². The van der Waals surface area contributed by atoms with Crippen LogP contribution in [0.1, 0.15) is 67.3 Å². The van der Waals surface area contributed by atoms with Gasteiger partial charge in [0.2, 0.25) is 0 Å². The normalized spacial score (nSPS) is 17.0. The van der Waals surface area contributed by atoms with Crippen LogP contribution in [0.15, 0.2) is 54.7 Å². The minimum Gasteiger partial charge on any atom is -0.378 e. The zero-order valence-electron chi connectivity index (χ0n) is 19.3. The highest BCUT2D eigenvalue weighted by molar-refractivity contribution is 5.94. The highest BCUT2D eigenvalue weighted by atomic mass is 19.1. The summed E-state index contributed by atoms with van der Waals surface area (Å²) in [5, 5.41) is 17.5. The van der Waals surface area contributed by atoms with E-state index in [-0.39, 0.29) is 23.2 Å². The van der Waals surface area contributed by atoms with Crippen LogP contribution in [0, 0.1) is 23.1 Å². The van der Waals surface area contributed by atoms with E-state index in [9.17, 15) is 14.3 Å². The smallest absolute Gasteiger partial charge is 0.251 e. The van der Waals surface area contributed by atoms with E-state index in [2.05, 4.69) is 36.1 Å². The summed E-state index contributed by atoms with van der Waals surface area (Å²) in [5.41, 5.74) is 2.57. The third-order valence-electron chi connectivity index (χ3n) is 5.67. The first-order valence-electron chi connectivity index (χ1n) is 11.0. The molecule has 0 bridgehead atoms. The van der Waals surface area contributed by atoms with E-state index in [0.29, 0.717) is 16.8 Å². The van der Waals surface area contributed by atoms with E-state index < -0.39 is 5.60 Å². The lowest BCUT2D eigenvalue weighted by Gasteiger charge is -2.36. The first-order chi connectivity index (χ1) is 15.5. The van der Waals surface area contributed by atoms with Gasteiger partial charge in [0.05, 0.1) is 23.6 Å². The Labute approximate surface area is 193 Å². The third-order valence-corrected chi connectivity index (χ3v) is 5.67. The second kappa shape index (κ2) is 8.49. The van der Waals surface area contributed by atoms with Gasteiger partial charge >= 0.3 is 0 Å². The van der Waals surface area contributed by atoms with Crippen molar-refractivity contribution in [3.05, 3.63) is 82.9 Å². The van der Waals surface area contributed by atoms with Crippen molar-refractivity contribution in [1.82, 2.24) is 15.1 Å². The van der Waals surface area contributed by atoms with Crippen LogP contribution in [0.2, 0.25) is 0 Å². The number of rotatable bonds is 3. The minimum absolute atomic E-state index is 0.0733. The molecule has 170 valence electrons. The Morgan fingerprint density at radius 2 is 2.00 bits per heavy atom. The van der Waals surface area contributed by atoms with Crippen LogP contribution >= 0.6 is 0 Å². The summed E-state index contributed by atoms with van der Waals surface area (Å²) in [7, 11) is 0. The van der Waals surface area contributed by atoms with Crippen LogP contribution in [0.3, 0.4) is 0 Å². The monoisotopic (exact) mass is 445 g/mol. The first-order valence-corrected chi connectivity index (χ1v) is 11.0. The van der Waals surface area contributed by atoms with Gasteiger partial charge < -0.3 is 10.4 Å². The average Bonchev–Trinajstić information content (AvgIpc) is 3.14. The van der Waals surface area contributed by atoms with Gasteiger partial charge in [-0.1, -0.05) is 37.8 Å². The summed E-state index contributed by atoms with van der Waals surface area (Å²) in [4.78, 5) is 13.1. The zero-order valence-corrected chi connectivity index (χ0v) is 19.3. The van der Waals surface area contributed by atoms with E-state index in [1.54, 1.807) is 55.1 Å². The van der Waals surface area contributed by atoms with Crippen LogP contribution < -0.4 is 5.32 Å². The number of nitrogens with zero attached hydrogens (tertiary/aromatic N) is 2. The van der Waals surface area contributed by atoms with Crippen molar-refractivity contribution in [2.45, 2.75) is 52.2 Å². The Bertz CT molecular complexity index is 1260. The second-order valence-corrected chi connectivity index (χ2v) is 9.90. The number of benzene rings is 2. The molecular formula is C27H28FN3O2. The fourth-order valence-corrected chi connectivity index (χ4v) is 4.21. The second-order valence-electron chi connectivity index (χ2n) is 9.90. The van der Waals surface area contributed by atoms with Gasteiger partial charge in [0.25, 0.3) is 5.91 Å². The highest BCUT2D eigenvalue weighted by Crippen LogP contribution is 2.41. The Kier molecular flexibility index (Phi) is 5.85. The molecule has 0 saturated carbocycles. The summed E-state index contributed by atoms with van der Waals surface area (Å²) in [6.07, 6.45) is 3.30. The molecule has 0 saturated heterocycles. The van der Waals surface area contributed by atoms with Crippen LogP contribution in [0.4, 0.5) is 4.39 Å². The number of fused-ring (bicyclic) bond motifs is 1. The fourth-order valence-electron chi connectivity index (χ4n) is 4.21. The molecule has 5 nitrogen and oxygen atoms in total. The SMILES string of the molecule is CC(C)(O)C#Cc1cccc(C(=O)N[C@@H]2CC(C)(C)Cc3c2cnn3-c2cccc(F)c2)c1. The van der Waals surface area contributed by atoms with Gasteiger partial charge in [-0.15, -0.1) is 0 Å². The molecule has 1 atom stereocenters. The molecule has 0 aliphatic heterocycles. The van der Waals surface area contributed by atoms with Crippen LogP contribution in [-0.4, -0.2) is 26.4 Å². The first kappa shape index (κ1) is 22.8. The highest BCUT2D eigenvalue weighted by Gasteiger charge is 2.36. The number of carbonyl (C=O) groups excluding carboxylic acids is 1. The van der Waals surface area contributed by atoms with E-state index >= 15 is 0 Å². The molecule has 4 rings (SSSR count). The fraction of sp³-hybridized carbons (Fsp3) is 0.333. The van der Waals surface area contributed by atoms with Gasteiger partial charge in [-0.3, -0.25) is 4.79 Å². The van der Waals surface area contributed by atoms with Gasteiger partial charge in [-0.05, 0) is 68.5 Å². The maximum atomic E-state index is 13.8. The molecule has 6 heteroatoms. The Morgan fingerprint density at radius 1 is 1.24 bits per heavy atom. The quantitative estimate of drug-likeness (QED) is 0.580. The molecule has 1 aromatic heterocycles. The molecule has 0 unspecified atom stereocenters. The van der Waals surface area contributed by atoms with Crippen molar-refractivity contribution >= 4 is 5.91 Å². The predicted molar refractivity (Wildman–Crippen MR) is 125 cm³/mol. The topological polar surface area (TPSA) is 67.2 Å². The summed E-state index contributed by atoms with van der Waals surface area (Å²) in [6, 6.07) is 13.2. The third kappa shape index (κ3) is 5.32. The number of nitrogens with one attached hydrogen (secondary N) is 1. The standard InChI is InChI=1S/C27H28FN3O2/c1-26(2)15-23(22-17-29-31(24(22)16-26)21-10-6-9-20(28)14-21)30-25(32)19-8-5-7-18(13-19)11-12-27(3,4)33/h5-10,13-14,17,23,33H,15-16H2,1-4H3,(H,30,32)/t23-/m1/s1. The van der Waals surface area contributed by atoms with Gasteiger partial charge in [-0.2, -0.15) is 5.10 Å². The van der Waals surface area contributed by atoms with E-state index in [0.717, 1.165) is 24.1 Å². The molecule has 2 aromatic carbocycles. The lowest BCUT2D eigenvalue weighted by Crippen LogP contribution is -2.36. The molecule has 1 aliphatic rings. The molecule has 0 radical (unpaired) electrons. The largest absolute Gasteiger partial charge is 0.378 e. The Morgan fingerprint density at radius 3 is 2.73 bits per heavy atom. The van der Waals surface area contributed by atoms with Crippen molar-refractivity contribution in [2.24, 2.45) is 5.41 Å². The molecule has 0 fully saturated rings. The Balaban J connectivity index is 1.62. The van der Waals surface area contributed by atoms with Gasteiger partial charge in [-0.25, -0.2) is 9.07 Å². The lowest BCUT2D eigenvalue weighted by molar-refractivity contribution is 0.0919. The molecule has 3 aromatic rings. The van der Waals surface area contributed by atoms with Crippen LogP contribution in [0.5, 0.6) is 0 Å². The molecule has 1 amide bonds. The summed E-state index contributed by atoms with van der Waals surface area (Å²) < 4.78 is 15.6. The van der Waals surface area contributed by atoms with E-state index in [1.165, 1.54) is 12.1 Å². The number of aromatic nitrogens is 2. The van der Waals surface area contributed by atoms with Gasteiger partial charge in [0.1, 0.15) is 11.4 Å². The van der Waals surface area contributed by atoms with Crippen molar-refractivity contribution in [3.63, 3.8) is 0 Å². The minimum atomic E-state index is -1.11. The van der Waals surface area contributed by atoms with Crippen LogP contribution in [0.25, 0.3) is 5.69 Å². The molecule has 33 heavy (non-hydrogen) atoms. The number of hydrogen-bond acceptors (Lipinski definition) is 3. The number of carbonyl (C=O) groups is 1. The molecule has 1 aliphatic carbocycles. The molecular weight excluding hydrogens is 417 g/mol. The molecule has 0 spiro atoms. The van der Waals surface area contributed by atoms with Crippen molar-refractivity contribution in [1.29, 1.82) is 0 Å². The molecule has 1 heterocycles. The summed E-state index contributed by atoms with van der Waals surface area (Å²) >= 11 is 0. The zero-order chi connectivity index (χ0) is 23.8. The summed E-state index contributed by atoms with van der Waals surface area (Å²) in [5.74, 6) is 5.17. The number of halogens is 1. The maximum absolute atomic E-state index is 13.8. The predicted octanol–water partition coefficient (Wildman–Crippen LogP) is 4.58. The van der Waals surface area contributed by atoms with Crippen molar-refractivity contribution < 1.29 is 14.3 Å². The van der Waals surface area contributed by atoms with Crippen LogP contribution in [-0.2, 0) is 6.42 Å². The Hall–Kier alpha value is -3.43.